The molecule has 1 N–H and O–H groups in total. The van der Waals surface area contributed by atoms with Crippen LogP contribution in [0.5, 0.6) is 0 Å². The van der Waals surface area contributed by atoms with E-state index < -0.39 is 0 Å². The minimum atomic E-state index is -0.336. The standard InChI is InChI=1S/C16H17NO2/c1-2-16(10-19-11-16)15(18)17-14-9-5-7-12-6-3-4-8-13(12)14/h3-9H,2,10-11H2,1H3,(H,17,18). The van der Waals surface area contributed by atoms with Gasteiger partial charge in [-0.2, -0.15) is 0 Å². The van der Waals surface area contributed by atoms with Crippen LogP contribution in [-0.2, 0) is 9.53 Å². The molecule has 0 spiro atoms. The van der Waals surface area contributed by atoms with E-state index in [0.717, 1.165) is 22.9 Å². The van der Waals surface area contributed by atoms with Crippen molar-refractivity contribution in [3.63, 3.8) is 0 Å². The maximum Gasteiger partial charge on any atom is 0.235 e. The first-order valence-corrected chi connectivity index (χ1v) is 6.62. The Balaban J connectivity index is 1.91. The van der Waals surface area contributed by atoms with Crippen LogP contribution in [0.25, 0.3) is 10.8 Å². The first-order chi connectivity index (χ1) is 9.25. The number of nitrogens with one attached hydrogen (secondary N) is 1. The molecule has 3 heteroatoms. The van der Waals surface area contributed by atoms with Crippen molar-refractivity contribution in [2.45, 2.75) is 13.3 Å². The summed E-state index contributed by atoms with van der Waals surface area (Å²) in [5.41, 5.74) is 0.541. The molecule has 1 heterocycles. The molecular weight excluding hydrogens is 238 g/mol. The van der Waals surface area contributed by atoms with Crippen LogP contribution in [0.1, 0.15) is 13.3 Å². The highest BCUT2D eigenvalue weighted by molar-refractivity contribution is 6.04. The molecule has 1 amide bonds. The van der Waals surface area contributed by atoms with Crippen LogP contribution in [0.15, 0.2) is 42.5 Å². The number of rotatable bonds is 3. The quantitative estimate of drug-likeness (QED) is 0.914. The smallest absolute Gasteiger partial charge is 0.235 e. The zero-order valence-corrected chi connectivity index (χ0v) is 11.0. The highest BCUT2D eigenvalue weighted by Crippen LogP contribution is 2.33. The number of ether oxygens (including phenoxy) is 1. The Morgan fingerprint density at radius 3 is 2.63 bits per heavy atom. The van der Waals surface area contributed by atoms with Crippen LogP contribution >= 0.6 is 0 Å². The van der Waals surface area contributed by atoms with Crippen LogP contribution in [0, 0.1) is 5.41 Å². The van der Waals surface area contributed by atoms with Gasteiger partial charge in [0, 0.05) is 11.1 Å². The third-order valence-electron chi connectivity index (χ3n) is 3.95. The number of hydrogen-bond acceptors (Lipinski definition) is 2. The number of hydrogen-bond donors (Lipinski definition) is 1. The van der Waals surface area contributed by atoms with Crippen molar-refractivity contribution in [1.82, 2.24) is 0 Å². The normalized spacial score (nSPS) is 16.9. The van der Waals surface area contributed by atoms with E-state index in [1.807, 2.05) is 49.4 Å². The van der Waals surface area contributed by atoms with E-state index >= 15 is 0 Å². The molecule has 0 radical (unpaired) electrons. The molecule has 1 aliphatic rings. The Morgan fingerprint density at radius 1 is 1.21 bits per heavy atom. The molecule has 2 aromatic carbocycles. The van der Waals surface area contributed by atoms with Crippen LogP contribution in [0.4, 0.5) is 5.69 Å². The fourth-order valence-electron chi connectivity index (χ4n) is 2.43. The van der Waals surface area contributed by atoms with Gasteiger partial charge in [-0.05, 0) is 17.9 Å². The van der Waals surface area contributed by atoms with Gasteiger partial charge in [0.05, 0.1) is 18.6 Å². The fraction of sp³-hybridized carbons (Fsp3) is 0.312. The minimum absolute atomic E-state index is 0.0672. The summed E-state index contributed by atoms with van der Waals surface area (Å²) < 4.78 is 5.21. The molecule has 1 saturated heterocycles. The molecule has 2 aromatic rings. The van der Waals surface area contributed by atoms with Crippen molar-refractivity contribution in [2.24, 2.45) is 5.41 Å². The maximum atomic E-state index is 12.4. The lowest BCUT2D eigenvalue weighted by Crippen LogP contribution is -2.51. The van der Waals surface area contributed by atoms with Crippen molar-refractivity contribution >= 4 is 22.4 Å². The monoisotopic (exact) mass is 255 g/mol. The molecule has 3 nitrogen and oxygen atoms in total. The van der Waals surface area contributed by atoms with Gasteiger partial charge in [-0.15, -0.1) is 0 Å². The van der Waals surface area contributed by atoms with Gasteiger partial charge in [-0.3, -0.25) is 4.79 Å². The zero-order valence-electron chi connectivity index (χ0n) is 11.0. The third-order valence-corrected chi connectivity index (χ3v) is 3.95. The van der Waals surface area contributed by atoms with Crippen LogP contribution in [-0.4, -0.2) is 19.1 Å². The summed E-state index contributed by atoms with van der Waals surface area (Å²) in [5.74, 6) is 0.0672. The van der Waals surface area contributed by atoms with E-state index in [4.69, 9.17) is 4.74 Å². The Hall–Kier alpha value is -1.87. The largest absolute Gasteiger partial charge is 0.379 e. The second-order valence-corrected chi connectivity index (χ2v) is 5.11. The van der Waals surface area contributed by atoms with Gasteiger partial charge in [0.2, 0.25) is 5.91 Å². The number of carbonyl (C=O) groups excluding carboxylic acids is 1. The summed E-state index contributed by atoms with van der Waals surface area (Å²) in [7, 11) is 0. The summed E-state index contributed by atoms with van der Waals surface area (Å²) in [4.78, 5) is 12.4. The number of benzene rings is 2. The van der Waals surface area contributed by atoms with Gasteiger partial charge in [0.25, 0.3) is 0 Å². The van der Waals surface area contributed by atoms with Crippen LogP contribution in [0.3, 0.4) is 0 Å². The van der Waals surface area contributed by atoms with Crippen molar-refractivity contribution in [2.75, 3.05) is 18.5 Å². The number of carbonyl (C=O) groups is 1. The first-order valence-electron chi connectivity index (χ1n) is 6.62. The van der Waals surface area contributed by atoms with Crippen molar-refractivity contribution in [1.29, 1.82) is 0 Å². The maximum absolute atomic E-state index is 12.4. The molecular formula is C16H17NO2. The number of amides is 1. The highest BCUT2D eigenvalue weighted by Gasteiger charge is 2.44. The Bertz CT molecular complexity index is 606. The number of anilines is 1. The molecule has 19 heavy (non-hydrogen) atoms. The Labute approximate surface area is 112 Å². The van der Waals surface area contributed by atoms with E-state index in [2.05, 4.69) is 5.32 Å². The van der Waals surface area contributed by atoms with E-state index in [1.165, 1.54) is 0 Å². The summed E-state index contributed by atoms with van der Waals surface area (Å²) in [5, 5.41) is 5.27. The van der Waals surface area contributed by atoms with Gasteiger partial charge in [0.15, 0.2) is 0 Å². The molecule has 1 aliphatic heterocycles. The molecule has 0 aromatic heterocycles. The fourth-order valence-corrected chi connectivity index (χ4v) is 2.43. The molecule has 0 bridgehead atoms. The molecule has 0 saturated carbocycles. The molecule has 1 fully saturated rings. The lowest BCUT2D eigenvalue weighted by molar-refractivity contribution is -0.156. The second kappa shape index (κ2) is 4.67. The lowest BCUT2D eigenvalue weighted by Gasteiger charge is -2.39. The zero-order chi connectivity index (χ0) is 13.3. The Kier molecular flexibility index (Phi) is 2.99. The molecule has 3 rings (SSSR count). The molecule has 0 aliphatic carbocycles. The predicted molar refractivity (Wildman–Crippen MR) is 76.1 cm³/mol. The van der Waals surface area contributed by atoms with Crippen LogP contribution < -0.4 is 5.32 Å². The first kappa shape index (κ1) is 12.2. The third kappa shape index (κ3) is 2.00. The molecule has 98 valence electrons. The van der Waals surface area contributed by atoms with Gasteiger partial charge < -0.3 is 10.1 Å². The van der Waals surface area contributed by atoms with Gasteiger partial charge in [-0.25, -0.2) is 0 Å². The van der Waals surface area contributed by atoms with E-state index in [-0.39, 0.29) is 11.3 Å². The predicted octanol–water partition coefficient (Wildman–Crippen LogP) is 3.20. The molecule has 0 atom stereocenters. The van der Waals surface area contributed by atoms with Crippen molar-refractivity contribution < 1.29 is 9.53 Å². The van der Waals surface area contributed by atoms with Crippen molar-refractivity contribution in [3.05, 3.63) is 42.5 Å². The van der Waals surface area contributed by atoms with E-state index in [9.17, 15) is 4.79 Å². The van der Waals surface area contributed by atoms with Crippen molar-refractivity contribution in [3.8, 4) is 0 Å². The summed E-state index contributed by atoms with van der Waals surface area (Å²) in [6.45, 7) is 3.09. The highest BCUT2D eigenvalue weighted by atomic mass is 16.5. The average Bonchev–Trinajstić information content (AvgIpc) is 2.38. The minimum Gasteiger partial charge on any atom is -0.379 e. The molecule has 0 unspecified atom stereocenters. The topological polar surface area (TPSA) is 38.3 Å². The lowest BCUT2D eigenvalue weighted by atomic mass is 9.82. The van der Waals surface area contributed by atoms with Gasteiger partial charge >= 0.3 is 0 Å². The van der Waals surface area contributed by atoms with E-state index in [0.29, 0.717) is 13.2 Å². The summed E-state index contributed by atoms with van der Waals surface area (Å²) in [6.07, 6.45) is 0.809. The average molecular weight is 255 g/mol. The second-order valence-electron chi connectivity index (χ2n) is 5.11. The summed E-state index contributed by atoms with van der Waals surface area (Å²) in [6, 6.07) is 14.0. The Morgan fingerprint density at radius 2 is 1.95 bits per heavy atom. The van der Waals surface area contributed by atoms with Crippen LogP contribution in [0.2, 0.25) is 0 Å². The SMILES string of the molecule is CCC1(C(=O)Nc2cccc3ccccc23)COC1. The van der Waals surface area contributed by atoms with Gasteiger partial charge in [-0.1, -0.05) is 43.3 Å². The van der Waals surface area contributed by atoms with Gasteiger partial charge in [0.1, 0.15) is 0 Å². The summed E-state index contributed by atoms with van der Waals surface area (Å²) >= 11 is 0. The number of fused-ring (bicyclic) bond motifs is 1. The van der Waals surface area contributed by atoms with E-state index in [1.54, 1.807) is 0 Å².